The molecule has 0 radical (unpaired) electrons. The summed E-state index contributed by atoms with van der Waals surface area (Å²) >= 11 is 7.83. The van der Waals surface area contributed by atoms with Gasteiger partial charge in [0.15, 0.2) is 0 Å². The predicted octanol–water partition coefficient (Wildman–Crippen LogP) is 5.61. The number of hydrogen-bond acceptors (Lipinski definition) is 3. The van der Waals surface area contributed by atoms with E-state index in [4.69, 9.17) is 11.6 Å². The third kappa shape index (κ3) is 4.47. The number of piperidine rings is 1. The molecule has 1 unspecified atom stereocenters. The van der Waals surface area contributed by atoms with Gasteiger partial charge in [-0.05, 0) is 68.8 Å². The monoisotopic (exact) mass is 417 g/mol. The van der Waals surface area contributed by atoms with Crippen molar-refractivity contribution in [1.29, 1.82) is 0 Å². The van der Waals surface area contributed by atoms with Crippen LogP contribution in [-0.4, -0.2) is 29.1 Å². The quantitative estimate of drug-likeness (QED) is 0.702. The number of hydrogen-bond donors (Lipinski definition) is 1. The molecule has 0 amide bonds. The van der Waals surface area contributed by atoms with E-state index in [-0.39, 0.29) is 5.02 Å². The SMILES string of the molecule is Cc1ccc(C(c2cc(C(F)(F)F)ccc2Cl)N2CCC(C(=O)O)CC2)s1. The van der Waals surface area contributed by atoms with Crippen LogP contribution in [0.25, 0.3) is 0 Å². The van der Waals surface area contributed by atoms with Gasteiger partial charge in [-0.1, -0.05) is 11.6 Å². The zero-order valence-corrected chi connectivity index (χ0v) is 16.2. The Morgan fingerprint density at radius 2 is 1.93 bits per heavy atom. The molecule has 3 nitrogen and oxygen atoms in total. The lowest BCUT2D eigenvalue weighted by Crippen LogP contribution is -2.39. The minimum atomic E-state index is -4.45. The number of nitrogens with zero attached hydrogens (tertiary/aromatic N) is 1. The Kier molecular flexibility index (Phi) is 5.84. The van der Waals surface area contributed by atoms with Gasteiger partial charge in [-0.2, -0.15) is 13.2 Å². The maximum atomic E-state index is 13.2. The number of aryl methyl sites for hydroxylation is 1. The van der Waals surface area contributed by atoms with Gasteiger partial charge in [0.05, 0.1) is 17.5 Å². The maximum absolute atomic E-state index is 13.2. The highest BCUT2D eigenvalue weighted by Gasteiger charge is 2.35. The van der Waals surface area contributed by atoms with E-state index in [0.717, 1.165) is 21.9 Å². The first-order chi connectivity index (χ1) is 12.7. The summed E-state index contributed by atoms with van der Waals surface area (Å²) in [5.74, 6) is -1.24. The molecule has 1 aliphatic rings. The molecule has 0 bridgehead atoms. The molecule has 0 aliphatic carbocycles. The molecule has 1 aromatic carbocycles. The molecule has 1 aliphatic heterocycles. The first-order valence-corrected chi connectivity index (χ1v) is 9.76. The molecular weight excluding hydrogens is 399 g/mol. The fraction of sp³-hybridized carbons (Fsp3) is 0.421. The van der Waals surface area contributed by atoms with Crippen molar-refractivity contribution in [2.75, 3.05) is 13.1 Å². The van der Waals surface area contributed by atoms with Crippen LogP contribution in [-0.2, 0) is 11.0 Å². The van der Waals surface area contributed by atoms with Gasteiger partial charge in [-0.3, -0.25) is 9.69 Å². The maximum Gasteiger partial charge on any atom is 0.416 e. The topological polar surface area (TPSA) is 40.5 Å². The molecule has 1 N–H and O–H groups in total. The molecule has 1 saturated heterocycles. The molecule has 27 heavy (non-hydrogen) atoms. The van der Waals surface area contributed by atoms with Crippen molar-refractivity contribution >= 4 is 28.9 Å². The molecule has 146 valence electrons. The number of carboxylic acid groups (broad SMARTS) is 1. The van der Waals surface area contributed by atoms with E-state index in [0.29, 0.717) is 31.5 Å². The smallest absolute Gasteiger partial charge is 0.416 e. The van der Waals surface area contributed by atoms with Crippen LogP contribution in [0.15, 0.2) is 30.3 Å². The first kappa shape index (κ1) is 20.2. The van der Waals surface area contributed by atoms with Gasteiger partial charge in [0.1, 0.15) is 0 Å². The molecule has 1 aromatic heterocycles. The first-order valence-electron chi connectivity index (χ1n) is 8.56. The van der Waals surface area contributed by atoms with Crippen molar-refractivity contribution in [2.24, 2.45) is 5.92 Å². The van der Waals surface area contributed by atoms with E-state index in [1.807, 2.05) is 24.0 Å². The van der Waals surface area contributed by atoms with Crippen LogP contribution in [0.5, 0.6) is 0 Å². The van der Waals surface area contributed by atoms with E-state index in [2.05, 4.69) is 0 Å². The van der Waals surface area contributed by atoms with Gasteiger partial charge in [0, 0.05) is 14.8 Å². The minimum absolute atomic E-state index is 0.277. The summed E-state index contributed by atoms with van der Waals surface area (Å²) in [4.78, 5) is 15.2. The van der Waals surface area contributed by atoms with Crippen LogP contribution >= 0.6 is 22.9 Å². The number of carboxylic acids is 1. The highest BCUT2D eigenvalue weighted by Crippen LogP contribution is 2.41. The summed E-state index contributed by atoms with van der Waals surface area (Å²) in [5, 5.41) is 9.49. The Morgan fingerprint density at radius 3 is 2.44 bits per heavy atom. The van der Waals surface area contributed by atoms with Crippen LogP contribution in [0.4, 0.5) is 13.2 Å². The summed E-state index contributed by atoms with van der Waals surface area (Å²) in [7, 11) is 0. The van der Waals surface area contributed by atoms with E-state index < -0.39 is 29.7 Å². The predicted molar refractivity (Wildman–Crippen MR) is 99.3 cm³/mol. The third-order valence-electron chi connectivity index (χ3n) is 4.89. The third-order valence-corrected chi connectivity index (χ3v) is 6.29. The highest BCUT2D eigenvalue weighted by molar-refractivity contribution is 7.12. The minimum Gasteiger partial charge on any atom is -0.481 e. The number of likely N-dealkylation sites (tertiary alicyclic amines) is 1. The molecule has 8 heteroatoms. The van der Waals surface area contributed by atoms with Crippen molar-refractivity contribution in [3.8, 4) is 0 Å². The molecular formula is C19H19ClF3NO2S. The van der Waals surface area contributed by atoms with Crippen LogP contribution in [0.1, 0.15) is 39.8 Å². The Balaban J connectivity index is 2.00. The number of aliphatic carboxylic acids is 1. The largest absolute Gasteiger partial charge is 0.481 e. The standard InChI is InChI=1S/C19H19ClF3NO2S/c1-11-2-5-16(27-11)17(24-8-6-12(7-9-24)18(25)26)14-10-13(19(21,22)23)3-4-15(14)20/h2-5,10,12,17H,6-9H2,1H3,(H,25,26). The Hall–Kier alpha value is -1.57. The summed E-state index contributed by atoms with van der Waals surface area (Å²) in [6, 6.07) is 6.80. The number of benzene rings is 1. The number of alkyl halides is 3. The van der Waals surface area contributed by atoms with Gasteiger partial charge in [-0.25, -0.2) is 0 Å². The average Bonchev–Trinajstić information content (AvgIpc) is 3.02. The Labute approximate surface area is 164 Å². The van der Waals surface area contributed by atoms with Crippen LogP contribution in [0.3, 0.4) is 0 Å². The number of carbonyl (C=O) groups is 1. The van der Waals surface area contributed by atoms with E-state index in [1.165, 1.54) is 17.4 Å². The lowest BCUT2D eigenvalue weighted by atomic mass is 9.93. The molecule has 0 spiro atoms. The van der Waals surface area contributed by atoms with E-state index >= 15 is 0 Å². The normalized spacial score (nSPS) is 17.8. The summed E-state index contributed by atoms with van der Waals surface area (Å²) in [5.41, 5.74) is -0.331. The zero-order valence-electron chi connectivity index (χ0n) is 14.6. The van der Waals surface area contributed by atoms with Crippen molar-refractivity contribution < 1.29 is 23.1 Å². The molecule has 2 heterocycles. The summed E-state index contributed by atoms with van der Waals surface area (Å²) in [6.45, 7) is 2.92. The number of thiophene rings is 1. The van der Waals surface area contributed by atoms with Crippen molar-refractivity contribution in [1.82, 2.24) is 4.90 Å². The average molecular weight is 418 g/mol. The second-order valence-electron chi connectivity index (χ2n) is 6.73. The van der Waals surface area contributed by atoms with Gasteiger partial charge in [-0.15, -0.1) is 11.3 Å². The van der Waals surface area contributed by atoms with Gasteiger partial charge in [0.2, 0.25) is 0 Å². The van der Waals surface area contributed by atoms with Crippen LogP contribution in [0.2, 0.25) is 5.02 Å². The lowest BCUT2D eigenvalue weighted by Gasteiger charge is -2.37. The van der Waals surface area contributed by atoms with E-state index in [1.54, 1.807) is 0 Å². The molecule has 1 fully saturated rings. The lowest BCUT2D eigenvalue weighted by molar-refractivity contribution is -0.143. The van der Waals surface area contributed by atoms with Gasteiger partial charge in [0.25, 0.3) is 0 Å². The second kappa shape index (κ2) is 7.81. The van der Waals surface area contributed by atoms with Crippen LogP contribution in [0, 0.1) is 12.8 Å². The molecule has 3 rings (SSSR count). The zero-order chi connectivity index (χ0) is 19.8. The molecule has 0 saturated carbocycles. The highest BCUT2D eigenvalue weighted by atomic mass is 35.5. The fourth-order valence-electron chi connectivity index (χ4n) is 3.46. The van der Waals surface area contributed by atoms with Crippen molar-refractivity contribution in [3.63, 3.8) is 0 Å². The Bertz CT molecular complexity index is 829. The molecule has 2 aromatic rings. The Morgan fingerprint density at radius 1 is 1.26 bits per heavy atom. The number of rotatable bonds is 4. The fourth-order valence-corrected chi connectivity index (χ4v) is 4.72. The van der Waals surface area contributed by atoms with Crippen molar-refractivity contribution in [3.05, 3.63) is 56.2 Å². The summed E-state index contributed by atoms with van der Waals surface area (Å²) < 4.78 is 39.7. The summed E-state index contributed by atoms with van der Waals surface area (Å²) in [6.07, 6.45) is -3.52. The molecule has 1 atom stereocenters. The van der Waals surface area contributed by atoms with Gasteiger partial charge >= 0.3 is 12.1 Å². The van der Waals surface area contributed by atoms with Crippen LogP contribution < -0.4 is 0 Å². The van der Waals surface area contributed by atoms with Gasteiger partial charge < -0.3 is 5.11 Å². The van der Waals surface area contributed by atoms with Crippen molar-refractivity contribution in [2.45, 2.75) is 32.0 Å². The van der Waals surface area contributed by atoms with E-state index in [9.17, 15) is 23.1 Å². The number of halogens is 4. The second-order valence-corrected chi connectivity index (χ2v) is 8.46.